The van der Waals surface area contributed by atoms with Gasteiger partial charge in [0.2, 0.25) is 0 Å². The number of nitrogens with one attached hydrogen (secondary N) is 2. The topological polar surface area (TPSA) is 50.6 Å². The summed E-state index contributed by atoms with van der Waals surface area (Å²) < 4.78 is 0. The van der Waals surface area contributed by atoms with Crippen LogP contribution in [-0.2, 0) is 22.6 Å². The van der Waals surface area contributed by atoms with Gasteiger partial charge >= 0.3 is 0 Å². The Morgan fingerprint density at radius 1 is 1.00 bits per heavy atom. The molecule has 0 bridgehead atoms. The van der Waals surface area contributed by atoms with Crippen LogP contribution >= 0.6 is 0 Å². The van der Waals surface area contributed by atoms with Crippen molar-refractivity contribution in [2.45, 2.75) is 32.9 Å². The average molecular weight is 339 g/mol. The molecule has 1 unspecified atom stereocenters. The summed E-state index contributed by atoms with van der Waals surface area (Å²) in [6, 6.07) is 17.6. The van der Waals surface area contributed by atoms with Crippen molar-refractivity contribution < 1.29 is 14.5 Å². The summed E-state index contributed by atoms with van der Waals surface area (Å²) in [6.07, 6.45) is 0.527. The first-order valence-electron chi connectivity index (χ1n) is 8.64. The summed E-state index contributed by atoms with van der Waals surface area (Å²) in [5.74, 6) is -0.117. The molecule has 0 radical (unpaired) electrons. The van der Waals surface area contributed by atoms with Gasteiger partial charge in [-0.15, -0.1) is 0 Å². The molecule has 0 aliphatic rings. The van der Waals surface area contributed by atoms with Crippen molar-refractivity contribution in [2.24, 2.45) is 0 Å². The van der Waals surface area contributed by atoms with Crippen LogP contribution in [0.2, 0.25) is 0 Å². The van der Waals surface area contributed by atoms with Crippen molar-refractivity contribution in [3.63, 3.8) is 0 Å². The molecule has 0 heterocycles. The maximum Gasteiger partial charge on any atom is 0.275 e. The monoisotopic (exact) mass is 339 g/mol. The Kier molecular flexibility index (Phi) is 6.90. The fourth-order valence-electron chi connectivity index (χ4n) is 2.78. The summed E-state index contributed by atoms with van der Waals surface area (Å²) in [5, 5.41) is 2.88. The molecule has 4 nitrogen and oxygen atoms in total. The second kappa shape index (κ2) is 9.14. The first-order valence-corrected chi connectivity index (χ1v) is 8.64. The number of hydrogen-bond acceptors (Lipinski definition) is 2. The maximum atomic E-state index is 12.3. The van der Waals surface area contributed by atoms with Gasteiger partial charge in [0.05, 0.1) is 13.1 Å². The predicted molar refractivity (Wildman–Crippen MR) is 99.4 cm³/mol. The van der Waals surface area contributed by atoms with Crippen LogP contribution in [-0.4, -0.2) is 31.3 Å². The molecule has 4 heteroatoms. The third-order valence-electron chi connectivity index (χ3n) is 4.20. The summed E-state index contributed by atoms with van der Waals surface area (Å²) in [6.45, 7) is 4.70. The average Bonchev–Trinajstić information content (AvgIpc) is 2.57. The summed E-state index contributed by atoms with van der Waals surface area (Å²) >= 11 is 0. The van der Waals surface area contributed by atoms with Crippen LogP contribution in [0.3, 0.4) is 0 Å². The van der Waals surface area contributed by atoms with Gasteiger partial charge in [-0.1, -0.05) is 60.2 Å². The van der Waals surface area contributed by atoms with Crippen LogP contribution in [0.4, 0.5) is 0 Å². The number of rotatable bonds is 8. The van der Waals surface area contributed by atoms with Crippen molar-refractivity contribution >= 4 is 11.7 Å². The molecule has 2 rings (SSSR count). The van der Waals surface area contributed by atoms with Gasteiger partial charge < -0.3 is 10.2 Å². The van der Waals surface area contributed by atoms with Gasteiger partial charge in [-0.2, -0.15) is 0 Å². The molecular formula is C21H27N2O2+. The number of Topliss-reactive ketones (excluding diaryl/α,β-unsaturated/α-hetero) is 1. The number of carbonyl (C=O) groups is 2. The normalized spacial score (nSPS) is 13.1. The number of carbonyl (C=O) groups excluding carboxylic acids is 2. The molecule has 25 heavy (non-hydrogen) atoms. The van der Waals surface area contributed by atoms with Crippen molar-refractivity contribution in [3.8, 4) is 0 Å². The first-order chi connectivity index (χ1) is 11.9. The first kappa shape index (κ1) is 18.9. The van der Waals surface area contributed by atoms with Crippen molar-refractivity contribution in [2.75, 3.05) is 13.6 Å². The maximum absolute atomic E-state index is 12.3. The van der Waals surface area contributed by atoms with E-state index in [0.717, 1.165) is 17.0 Å². The summed E-state index contributed by atoms with van der Waals surface area (Å²) in [5.41, 5.74) is 3.47. The minimum absolute atomic E-state index is 0.0200. The smallest absolute Gasteiger partial charge is 0.275 e. The van der Waals surface area contributed by atoms with E-state index in [0.29, 0.717) is 13.0 Å². The zero-order chi connectivity index (χ0) is 18.2. The molecular weight excluding hydrogens is 312 g/mol. The molecule has 0 aliphatic carbocycles. The highest BCUT2D eigenvalue weighted by atomic mass is 16.2. The van der Waals surface area contributed by atoms with Crippen molar-refractivity contribution in [1.29, 1.82) is 0 Å². The summed E-state index contributed by atoms with van der Waals surface area (Å²) in [7, 11) is 1.99. The predicted octanol–water partition coefficient (Wildman–Crippen LogP) is 1.33. The molecule has 2 atom stereocenters. The largest absolute Gasteiger partial charge is 0.341 e. The Morgan fingerprint density at radius 3 is 2.24 bits per heavy atom. The highest BCUT2D eigenvalue weighted by molar-refractivity contribution is 5.88. The molecule has 132 valence electrons. The number of ketones is 1. The Bertz CT molecular complexity index is 696. The highest BCUT2D eigenvalue weighted by Crippen LogP contribution is 2.04. The second-order valence-corrected chi connectivity index (χ2v) is 6.72. The van der Waals surface area contributed by atoms with Crippen LogP contribution in [0.25, 0.3) is 0 Å². The van der Waals surface area contributed by atoms with E-state index >= 15 is 0 Å². The van der Waals surface area contributed by atoms with E-state index < -0.39 is 6.04 Å². The van der Waals surface area contributed by atoms with Gasteiger partial charge in [0.25, 0.3) is 5.91 Å². The third kappa shape index (κ3) is 6.51. The Balaban J connectivity index is 1.87. The molecule has 0 saturated carbocycles. The van der Waals surface area contributed by atoms with Crippen molar-refractivity contribution in [1.82, 2.24) is 5.32 Å². The molecule has 0 spiro atoms. The van der Waals surface area contributed by atoms with E-state index in [1.807, 2.05) is 37.4 Å². The fourth-order valence-corrected chi connectivity index (χ4v) is 2.78. The SMILES string of the molecule is CC(=O)[C@@H](Cc1ccccc1)NC(=O)C[NH+](C)Cc1ccc(C)cc1. The second-order valence-electron chi connectivity index (χ2n) is 6.72. The lowest BCUT2D eigenvalue weighted by Gasteiger charge is -2.18. The van der Waals surface area contributed by atoms with Crippen LogP contribution < -0.4 is 10.2 Å². The van der Waals surface area contributed by atoms with E-state index in [1.54, 1.807) is 0 Å². The molecule has 0 saturated heterocycles. The number of aryl methyl sites for hydroxylation is 1. The molecule has 1 amide bonds. The number of quaternary nitrogens is 1. The Morgan fingerprint density at radius 2 is 1.64 bits per heavy atom. The zero-order valence-corrected chi connectivity index (χ0v) is 15.2. The molecule has 0 aromatic heterocycles. The van der Waals surface area contributed by atoms with Crippen LogP contribution in [0.15, 0.2) is 54.6 Å². The standard InChI is InChI=1S/C21H26N2O2/c1-16-9-11-19(12-10-16)14-23(3)15-21(25)22-20(17(2)24)13-18-7-5-4-6-8-18/h4-12,20H,13-15H2,1-3H3,(H,22,25)/p+1/t20-/m1/s1. The van der Waals surface area contributed by atoms with E-state index in [2.05, 4.69) is 36.5 Å². The molecule has 0 aliphatic heterocycles. The molecule has 0 fully saturated rings. The van der Waals surface area contributed by atoms with Crippen molar-refractivity contribution in [3.05, 3.63) is 71.3 Å². The van der Waals surface area contributed by atoms with Gasteiger partial charge in [0, 0.05) is 5.56 Å². The minimum atomic E-state index is -0.470. The Labute approximate surface area is 149 Å². The fraction of sp³-hybridized carbons (Fsp3) is 0.333. The van der Waals surface area contributed by atoms with E-state index in [4.69, 9.17) is 0 Å². The molecule has 2 aromatic carbocycles. The quantitative estimate of drug-likeness (QED) is 0.762. The van der Waals surface area contributed by atoms with Gasteiger partial charge in [-0.3, -0.25) is 9.59 Å². The number of hydrogen-bond donors (Lipinski definition) is 2. The number of benzene rings is 2. The number of likely N-dealkylation sites (N-methyl/N-ethyl adjacent to an activating group) is 1. The summed E-state index contributed by atoms with van der Waals surface area (Å²) in [4.78, 5) is 25.3. The van der Waals surface area contributed by atoms with Crippen LogP contribution in [0, 0.1) is 6.92 Å². The Hall–Kier alpha value is -2.46. The molecule has 2 aromatic rings. The number of amides is 1. The van der Waals surface area contributed by atoms with E-state index in [-0.39, 0.29) is 11.7 Å². The van der Waals surface area contributed by atoms with E-state index in [9.17, 15) is 9.59 Å². The highest BCUT2D eigenvalue weighted by Gasteiger charge is 2.19. The van der Waals surface area contributed by atoms with Crippen LogP contribution in [0.5, 0.6) is 0 Å². The lowest BCUT2D eigenvalue weighted by atomic mass is 10.0. The van der Waals surface area contributed by atoms with Gasteiger partial charge in [-0.05, 0) is 25.8 Å². The lowest BCUT2D eigenvalue weighted by Crippen LogP contribution is -3.09. The van der Waals surface area contributed by atoms with Gasteiger partial charge in [0.1, 0.15) is 6.54 Å². The van der Waals surface area contributed by atoms with E-state index in [1.165, 1.54) is 18.1 Å². The van der Waals surface area contributed by atoms with Gasteiger partial charge in [-0.25, -0.2) is 0 Å². The zero-order valence-electron chi connectivity index (χ0n) is 15.2. The minimum Gasteiger partial charge on any atom is -0.341 e. The third-order valence-corrected chi connectivity index (χ3v) is 4.20. The van der Waals surface area contributed by atoms with Gasteiger partial charge in [0.15, 0.2) is 12.3 Å². The molecule has 2 N–H and O–H groups in total. The van der Waals surface area contributed by atoms with Crippen LogP contribution in [0.1, 0.15) is 23.6 Å². The lowest BCUT2D eigenvalue weighted by molar-refractivity contribution is -0.885.